The molecule has 0 bridgehead atoms. The predicted octanol–water partition coefficient (Wildman–Crippen LogP) is 4.79. The van der Waals surface area contributed by atoms with Crippen LogP contribution >= 0.6 is 27.5 Å². The van der Waals surface area contributed by atoms with Gasteiger partial charge >= 0.3 is 12.1 Å². The Morgan fingerprint density at radius 3 is 2.57 bits per heavy atom. The zero-order valence-electron chi connectivity index (χ0n) is 28.2. The van der Waals surface area contributed by atoms with Crippen molar-refractivity contribution in [3.63, 3.8) is 0 Å². The molecular weight excluding hydrogens is 712 g/mol. The number of fused-ring (bicyclic) bond motifs is 2. The fourth-order valence-corrected chi connectivity index (χ4v) is 7.50. The molecule has 2 unspecified atom stereocenters. The molecule has 2 saturated heterocycles. The summed E-state index contributed by atoms with van der Waals surface area (Å²) >= 11 is 10.1. The molecule has 1 aliphatic carbocycles. The first-order valence-corrected chi connectivity index (χ1v) is 18.1. The van der Waals surface area contributed by atoms with E-state index in [2.05, 4.69) is 48.6 Å². The summed E-state index contributed by atoms with van der Waals surface area (Å²) in [4.78, 5) is 55.1. The maximum atomic E-state index is 14.0. The Morgan fingerprint density at radius 2 is 1.84 bits per heavy atom. The maximum Gasteiger partial charge on any atom is 0.410 e. The first kappa shape index (κ1) is 35.2. The van der Waals surface area contributed by atoms with Crippen molar-refractivity contribution in [2.75, 3.05) is 39.3 Å². The Morgan fingerprint density at radius 1 is 1.06 bits per heavy atom. The van der Waals surface area contributed by atoms with Crippen LogP contribution in [0, 0.1) is 0 Å². The Bertz CT molecular complexity index is 1600. The number of nitrogens with zero attached hydrogens (tertiary/aromatic N) is 6. The molecule has 2 atom stereocenters. The first-order chi connectivity index (χ1) is 23.4. The highest BCUT2D eigenvalue weighted by molar-refractivity contribution is 9.10. The molecule has 2 fully saturated rings. The zero-order valence-corrected chi connectivity index (χ0v) is 30.5. The van der Waals surface area contributed by atoms with Gasteiger partial charge in [-0.05, 0) is 97.3 Å². The van der Waals surface area contributed by atoms with E-state index < -0.39 is 11.6 Å². The van der Waals surface area contributed by atoms with E-state index in [0.29, 0.717) is 63.7 Å². The van der Waals surface area contributed by atoms with Gasteiger partial charge in [-0.1, -0.05) is 17.7 Å². The highest BCUT2D eigenvalue weighted by Crippen LogP contribution is 2.38. The van der Waals surface area contributed by atoms with Gasteiger partial charge in [0.1, 0.15) is 11.6 Å². The number of urea groups is 1. The molecule has 6 rings (SSSR count). The molecule has 0 radical (unpaired) electrons. The number of nitrogens with one attached hydrogen (secondary N) is 2. The number of rotatable bonds is 6. The van der Waals surface area contributed by atoms with Gasteiger partial charge in [-0.3, -0.25) is 14.7 Å². The molecule has 2 aliphatic heterocycles. The maximum absolute atomic E-state index is 14.0. The fourth-order valence-electron chi connectivity index (χ4n) is 6.92. The van der Waals surface area contributed by atoms with Crippen molar-refractivity contribution in [1.82, 2.24) is 39.9 Å². The number of piperidine rings is 1. The van der Waals surface area contributed by atoms with Crippen LogP contribution in [0.4, 0.5) is 9.59 Å². The van der Waals surface area contributed by atoms with Crippen LogP contribution in [0.25, 0.3) is 0 Å². The number of aryl methyl sites for hydroxylation is 2. The van der Waals surface area contributed by atoms with Crippen molar-refractivity contribution in [3.05, 3.63) is 81.1 Å². The Labute approximate surface area is 300 Å². The summed E-state index contributed by atoms with van der Waals surface area (Å²) in [5.41, 5.74) is 3.81. The Kier molecular flexibility index (Phi) is 10.8. The van der Waals surface area contributed by atoms with Gasteiger partial charge in [-0.25, -0.2) is 14.6 Å². The van der Waals surface area contributed by atoms with E-state index in [1.807, 2.05) is 49.9 Å². The minimum Gasteiger partial charge on any atom is -0.444 e. The molecule has 3 aromatic rings. The van der Waals surface area contributed by atoms with Gasteiger partial charge in [0.05, 0.1) is 18.1 Å². The minimum atomic E-state index is -0.740. The number of carbonyl (C=O) groups is 3. The number of pyridine rings is 1. The van der Waals surface area contributed by atoms with Gasteiger partial charge in [0.25, 0.3) is 0 Å². The lowest BCUT2D eigenvalue weighted by molar-refractivity contribution is -0.127. The molecule has 4 heterocycles. The van der Waals surface area contributed by atoms with Gasteiger partial charge in [0, 0.05) is 79.9 Å². The van der Waals surface area contributed by atoms with Crippen LogP contribution < -0.4 is 10.6 Å². The lowest BCUT2D eigenvalue weighted by Gasteiger charge is -2.44. The molecule has 12 nitrogen and oxygen atoms in total. The van der Waals surface area contributed by atoms with Crippen LogP contribution in [0.3, 0.4) is 0 Å². The van der Waals surface area contributed by atoms with Gasteiger partial charge in [0.2, 0.25) is 5.91 Å². The predicted molar refractivity (Wildman–Crippen MR) is 189 cm³/mol. The zero-order chi connectivity index (χ0) is 34.7. The standard InChI is InChI=1S/C35H44BrClN8O4/c1-35(2,3)49-34(48)43-12-8-27(9-13-43)41-33(47)45-17-16-44(21-29(45)32(46)39-11-15-42-14-10-38-22-42)31-28-7-6-26(37)19-23(28)4-5-24-18-25(36)20-40-30(24)31/h6-7,10,14,18-20,22,27,29,31H,4-5,8-9,11-13,15-17,21H2,1-3H3,(H,39,46)(H,41,47). The molecule has 2 N–H and O–H groups in total. The lowest BCUT2D eigenvalue weighted by atomic mass is 9.95. The van der Waals surface area contributed by atoms with E-state index in [0.717, 1.165) is 39.7 Å². The number of imidazole rings is 1. The SMILES string of the molecule is CC(C)(C)OC(=O)N1CCC(NC(=O)N2CCN(C3c4ccc(Cl)cc4CCc4cc(Br)cnc43)CC2C(=O)NCCn2ccnc2)CC1. The normalized spacial score (nSPS) is 20.2. The molecule has 14 heteroatoms. The number of aromatic nitrogens is 3. The van der Waals surface area contributed by atoms with Crippen molar-refractivity contribution in [3.8, 4) is 0 Å². The second-order valence-corrected chi connectivity index (χ2v) is 15.3. The second kappa shape index (κ2) is 15.1. The van der Waals surface area contributed by atoms with Crippen LogP contribution in [-0.2, 0) is 28.9 Å². The summed E-state index contributed by atoms with van der Waals surface area (Å²) in [6.45, 7) is 8.70. The van der Waals surface area contributed by atoms with Crippen LogP contribution in [0.5, 0.6) is 0 Å². The van der Waals surface area contributed by atoms with Crippen molar-refractivity contribution < 1.29 is 19.1 Å². The lowest BCUT2D eigenvalue weighted by Crippen LogP contribution is -2.64. The number of benzene rings is 1. The topological polar surface area (TPSA) is 125 Å². The van der Waals surface area contributed by atoms with Gasteiger partial charge in [0.15, 0.2) is 0 Å². The largest absolute Gasteiger partial charge is 0.444 e. The highest BCUT2D eigenvalue weighted by Gasteiger charge is 2.41. The highest BCUT2D eigenvalue weighted by atomic mass is 79.9. The van der Waals surface area contributed by atoms with E-state index in [-0.39, 0.29) is 30.1 Å². The quantitative estimate of drug-likeness (QED) is 0.371. The minimum absolute atomic E-state index is 0.123. The average molecular weight is 756 g/mol. The summed E-state index contributed by atoms with van der Waals surface area (Å²) in [6.07, 6.45) is 9.59. The molecule has 3 aliphatic rings. The van der Waals surface area contributed by atoms with Crippen molar-refractivity contribution in [1.29, 1.82) is 0 Å². The molecule has 262 valence electrons. The molecule has 0 saturated carbocycles. The summed E-state index contributed by atoms with van der Waals surface area (Å²) in [7, 11) is 0. The third-order valence-corrected chi connectivity index (χ3v) is 10.0. The van der Waals surface area contributed by atoms with Crippen LogP contribution in [0.1, 0.15) is 62.0 Å². The number of ether oxygens (including phenoxy) is 1. The van der Waals surface area contributed by atoms with Crippen LogP contribution in [0.2, 0.25) is 5.02 Å². The van der Waals surface area contributed by atoms with E-state index in [1.165, 1.54) is 0 Å². The summed E-state index contributed by atoms with van der Waals surface area (Å²) in [5, 5.41) is 6.93. The number of piperazine rings is 1. The molecular formula is C35H44BrClN8O4. The number of hydrogen-bond acceptors (Lipinski definition) is 7. The smallest absolute Gasteiger partial charge is 0.410 e. The van der Waals surface area contributed by atoms with Gasteiger partial charge in [-0.2, -0.15) is 0 Å². The summed E-state index contributed by atoms with van der Waals surface area (Å²) in [6, 6.07) is 6.80. The second-order valence-electron chi connectivity index (χ2n) is 13.9. The Balaban J connectivity index is 1.20. The monoisotopic (exact) mass is 754 g/mol. The van der Waals surface area contributed by atoms with E-state index in [9.17, 15) is 14.4 Å². The van der Waals surface area contributed by atoms with Gasteiger partial charge in [-0.15, -0.1) is 0 Å². The third-order valence-electron chi connectivity index (χ3n) is 9.33. The first-order valence-electron chi connectivity index (χ1n) is 16.9. The van der Waals surface area contributed by atoms with Crippen LogP contribution in [0.15, 0.2) is 53.7 Å². The number of carbonyl (C=O) groups excluding carboxylic acids is 3. The molecule has 0 spiro atoms. The number of amides is 4. The Hall–Kier alpha value is -3.68. The molecule has 4 amide bonds. The average Bonchev–Trinajstić information content (AvgIpc) is 3.53. The fraction of sp³-hybridized carbons (Fsp3) is 0.514. The molecule has 49 heavy (non-hydrogen) atoms. The summed E-state index contributed by atoms with van der Waals surface area (Å²) < 4.78 is 8.35. The number of likely N-dealkylation sites (tertiary alicyclic amines) is 1. The number of halogens is 2. The van der Waals surface area contributed by atoms with Crippen molar-refractivity contribution in [2.45, 2.75) is 76.7 Å². The van der Waals surface area contributed by atoms with Crippen molar-refractivity contribution >= 4 is 45.6 Å². The molecule has 1 aromatic carbocycles. The molecule has 2 aromatic heterocycles. The van der Waals surface area contributed by atoms with E-state index in [4.69, 9.17) is 21.3 Å². The summed E-state index contributed by atoms with van der Waals surface area (Å²) in [5.74, 6) is -0.214. The third kappa shape index (κ3) is 8.56. The van der Waals surface area contributed by atoms with Crippen LogP contribution in [-0.4, -0.2) is 104 Å². The number of hydrogen-bond donors (Lipinski definition) is 2. The van der Waals surface area contributed by atoms with E-state index >= 15 is 0 Å². The van der Waals surface area contributed by atoms with Crippen molar-refractivity contribution in [2.24, 2.45) is 0 Å². The van der Waals surface area contributed by atoms with E-state index in [1.54, 1.807) is 22.3 Å². The van der Waals surface area contributed by atoms with Gasteiger partial charge < -0.3 is 29.7 Å².